The SMILES string of the molecule is CCc1ccc(Sc2ccc(I)cc2C(=O)O)cc1. The molecule has 0 unspecified atom stereocenters. The third-order valence-electron chi connectivity index (χ3n) is 2.73. The Balaban J connectivity index is 2.29. The molecule has 0 heterocycles. The molecule has 1 N–H and O–H groups in total. The molecule has 2 rings (SSSR count). The van der Waals surface area contributed by atoms with E-state index in [1.165, 1.54) is 17.3 Å². The molecule has 0 bridgehead atoms. The van der Waals surface area contributed by atoms with E-state index in [9.17, 15) is 9.90 Å². The van der Waals surface area contributed by atoms with Crippen LogP contribution < -0.4 is 0 Å². The van der Waals surface area contributed by atoms with Crippen molar-refractivity contribution in [3.05, 3.63) is 57.2 Å². The fourth-order valence-electron chi connectivity index (χ4n) is 1.68. The van der Waals surface area contributed by atoms with Crippen LogP contribution in [0, 0.1) is 3.57 Å². The van der Waals surface area contributed by atoms with Crippen molar-refractivity contribution in [2.75, 3.05) is 0 Å². The summed E-state index contributed by atoms with van der Waals surface area (Å²) in [5.74, 6) is -0.883. The minimum atomic E-state index is -0.883. The predicted octanol–water partition coefficient (Wildman–Crippen LogP) is 4.70. The summed E-state index contributed by atoms with van der Waals surface area (Å²) in [4.78, 5) is 13.1. The van der Waals surface area contributed by atoms with E-state index in [0.29, 0.717) is 5.56 Å². The van der Waals surface area contributed by atoms with E-state index in [2.05, 4.69) is 41.6 Å². The van der Waals surface area contributed by atoms with Gasteiger partial charge in [-0.15, -0.1) is 0 Å². The maximum absolute atomic E-state index is 11.2. The van der Waals surface area contributed by atoms with Gasteiger partial charge in [0.05, 0.1) is 5.56 Å². The molecule has 2 aromatic rings. The van der Waals surface area contributed by atoms with Crippen LogP contribution in [0.4, 0.5) is 0 Å². The molecule has 0 aromatic heterocycles. The van der Waals surface area contributed by atoms with Crippen molar-refractivity contribution < 1.29 is 9.90 Å². The summed E-state index contributed by atoms with van der Waals surface area (Å²) in [7, 11) is 0. The Morgan fingerprint density at radius 2 is 1.89 bits per heavy atom. The molecule has 4 heteroatoms. The first-order valence-corrected chi connectivity index (χ1v) is 7.79. The van der Waals surface area contributed by atoms with Crippen LogP contribution >= 0.6 is 34.4 Å². The summed E-state index contributed by atoms with van der Waals surface area (Å²) in [5.41, 5.74) is 1.64. The molecule has 2 aromatic carbocycles. The second-order valence-electron chi connectivity index (χ2n) is 4.05. The topological polar surface area (TPSA) is 37.3 Å². The van der Waals surface area contributed by atoms with Gasteiger partial charge in [0.1, 0.15) is 0 Å². The van der Waals surface area contributed by atoms with Crippen molar-refractivity contribution in [3.63, 3.8) is 0 Å². The summed E-state index contributed by atoms with van der Waals surface area (Å²) in [6.07, 6.45) is 1.01. The number of carboxylic acids is 1. The third kappa shape index (κ3) is 3.73. The van der Waals surface area contributed by atoms with Crippen molar-refractivity contribution in [2.24, 2.45) is 0 Å². The lowest BCUT2D eigenvalue weighted by Gasteiger charge is -2.07. The van der Waals surface area contributed by atoms with E-state index < -0.39 is 5.97 Å². The number of hydrogen-bond donors (Lipinski definition) is 1. The second-order valence-corrected chi connectivity index (χ2v) is 6.41. The molecule has 0 radical (unpaired) electrons. The Labute approximate surface area is 130 Å². The van der Waals surface area contributed by atoms with Gasteiger partial charge in [0.15, 0.2) is 0 Å². The normalized spacial score (nSPS) is 10.4. The number of carbonyl (C=O) groups is 1. The molecule has 98 valence electrons. The minimum absolute atomic E-state index is 0.358. The minimum Gasteiger partial charge on any atom is -0.478 e. The Morgan fingerprint density at radius 3 is 2.47 bits per heavy atom. The Morgan fingerprint density at radius 1 is 1.21 bits per heavy atom. The smallest absolute Gasteiger partial charge is 0.336 e. The van der Waals surface area contributed by atoms with Gasteiger partial charge in [0.25, 0.3) is 0 Å². The summed E-state index contributed by atoms with van der Waals surface area (Å²) in [6.45, 7) is 2.11. The Bertz CT molecular complexity index is 594. The highest BCUT2D eigenvalue weighted by Gasteiger charge is 2.11. The number of carboxylic acid groups (broad SMARTS) is 1. The first kappa shape index (κ1) is 14.4. The van der Waals surface area contributed by atoms with Crippen molar-refractivity contribution >= 4 is 40.3 Å². The van der Waals surface area contributed by atoms with Crippen molar-refractivity contribution in [3.8, 4) is 0 Å². The van der Waals surface area contributed by atoms with Gasteiger partial charge in [-0.2, -0.15) is 0 Å². The van der Waals surface area contributed by atoms with Crippen molar-refractivity contribution in [1.29, 1.82) is 0 Å². The highest BCUT2D eigenvalue weighted by Crippen LogP contribution is 2.31. The zero-order valence-corrected chi connectivity index (χ0v) is 13.4. The molecule has 0 aliphatic carbocycles. The van der Waals surface area contributed by atoms with Gasteiger partial charge < -0.3 is 5.11 Å². The number of aromatic carboxylic acids is 1. The molecule has 19 heavy (non-hydrogen) atoms. The molecule has 2 nitrogen and oxygen atoms in total. The first-order valence-electron chi connectivity index (χ1n) is 5.90. The van der Waals surface area contributed by atoms with Crippen molar-refractivity contribution in [2.45, 2.75) is 23.1 Å². The Kier molecular flexibility index (Phi) is 4.87. The Hall–Kier alpha value is -1.01. The number of aryl methyl sites for hydroxylation is 1. The third-order valence-corrected chi connectivity index (χ3v) is 4.49. The largest absolute Gasteiger partial charge is 0.478 e. The molecular formula is C15H13IO2S. The lowest BCUT2D eigenvalue weighted by Crippen LogP contribution is -1.99. The van der Waals surface area contributed by atoms with Crippen LogP contribution in [-0.4, -0.2) is 11.1 Å². The number of halogens is 1. The first-order chi connectivity index (χ1) is 9.10. The lowest BCUT2D eigenvalue weighted by atomic mass is 10.2. The average Bonchev–Trinajstić information content (AvgIpc) is 2.41. The van der Waals surface area contributed by atoms with Crippen LogP contribution in [0.5, 0.6) is 0 Å². The van der Waals surface area contributed by atoms with E-state index in [4.69, 9.17) is 0 Å². The maximum atomic E-state index is 11.2. The van der Waals surface area contributed by atoms with E-state index in [1.54, 1.807) is 6.07 Å². The predicted molar refractivity (Wildman–Crippen MR) is 86.1 cm³/mol. The van der Waals surface area contributed by atoms with Gasteiger partial charge >= 0.3 is 5.97 Å². The quantitative estimate of drug-likeness (QED) is 0.777. The maximum Gasteiger partial charge on any atom is 0.336 e. The molecule has 0 aliphatic rings. The summed E-state index contributed by atoms with van der Waals surface area (Å²) >= 11 is 3.61. The second kappa shape index (κ2) is 6.43. The average molecular weight is 384 g/mol. The number of benzene rings is 2. The number of hydrogen-bond acceptors (Lipinski definition) is 2. The van der Waals surface area contributed by atoms with Crippen LogP contribution in [-0.2, 0) is 6.42 Å². The van der Waals surface area contributed by atoms with Crippen LogP contribution in [0.2, 0.25) is 0 Å². The van der Waals surface area contributed by atoms with Crippen molar-refractivity contribution in [1.82, 2.24) is 0 Å². The van der Waals surface area contributed by atoms with E-state index in [-0.39, 0.29) is 0 Å². The van der Waals surface area contributed by atoms with Gasteiger partial charge in [-0.3, -0.25) is 0 Å². The summed E-state index contributed by atoms with van der Waals surface area (Å²) in [5, 5.41) is 9.23. The molecule has 0 fully saturated rings. The highest BCUT2D eigenvalue weighted by atomic mass is 127. The molecule has 0 saturated carbocycles. The molecule has 0 spiro atoms. The van der Waals surface area contributed by atoms with Crippen LogP contribution in [0.15, 0.2) is 52.3 Å². The number of rotatable bonds is 4. The zero-order valence-electron chi connectivity index (χ0n) is 10.4. The summed E-state index contributed by atoms with van der Waals surface area (Å²) in [6, 6.07) is 13.7. The lowest BCUT2D eigenvalue weighted by molar-refractivity contribution is 0.0693. The molecule has 0 amide bonds. The standard InChI is InChI=1S/C15H13IO2S/c1-2-10-3-6-12(7-4-10)19-14-8-5-11(16)9-13(14)15(17)18/h3-9H,2H2,1H3,(H,17,18). The van der Waals surface area contributed by atoms with Gasteiger partial charge in [-0.1, -0.05) is 30.8 Å². The highest BCUT2D eigenvalue weighted by molar-refractivity contribution is 14.1. The fourth-order valence-corrected chi connectivity index (χ4v) is 3.09. The monoisotopic (exact) mass is 384 g/mol. The fraction of sp³-hybridized carbons (Fsp3) is 0.133. The molecule has 0 saturated heterocycles. The zero-order chi connectivity index (χ0) is 13.8. The molecule has 0 atom stereocenters. The van der Waals surface area contributed by atoms with Crippen LogP contribution in [0.3, 0.4) is 0 Å². The van der Waals surface area contributed by atoms with E-state index in [1.807, 2.05) is 24.3 Å². The summed E-state index contributed by atoms with van der Waals surface area (Å²) < 4.78 is 0.931. The van der Waals surface area contributed by atoms with Gasteiger partial charge in [0, 0.05) is 13.4 Å². The van der Waals surface area contributed by atoms with E-state index in [0.717, 1.165) is 19.8 Å². The van der Waals surface area contributed by atoms with Crippen LogP contribution in [0.25, 0.3) is 0 Å². The van der Waals surface area contributed by atoms with Crippen LogP contribution in [0.1, 0.15) is 22.8 Å². The van der Waals surface area contributed by atoms with Gasteiger partial charge in [-0.05, 0) is 64.9 Å². The molecular weight excluding hydrogens is 371 g/mol. The van der Waals surface area contributed by atoms with Gasteiger partial charge in [0.2, 0.25) is 0 Å². The van der Waals surface area contributed by atoms with Gasteiger partial charge in [-0.25, -0.2) is 4.79 Å². The van der Waals surface area contributed by atoms with E-state index >= 15 is 0 Å². The molecule has 0 aliphatic heterocycles.